The Balaban J connectivity index is 1.61. The SMILES string of the molecule is CCc1cc(Nc2cc(=O)n(CCSCc3cccc(C(=O)OC)c3)c(=O)[nH]2)ccc1C. The summed E-state index contributed by atoms with van der Waals surface area (Å²) >= 11 is 1.58. The Labute approximate surface area is 190 Å². The first kappa shape index (κ1) is 23.4. The summed E-state index contributed by atoms with van der Waals surface area (Å²) in [5.74, 6) is 1.23. The van der Waals surface area contributed by atoms with Gasteiger partial charge in [-0.2, -0.15) is 11.8 Å². The molecule has 0 spiro atoms. The molecule has 2 N–H and O–H groups in total. The fraction of sp³-hybridized carbons (Fsp3) is 0.292. The van der Waals surface area contributed by atoms with E-state index in [1.54, 1.807) is 30.0 Å². The van der Waals surface area contributed by atoms with Crippen molar-refractivity contribution in [3.8, 4) is 0 Å². The van der Waals surface area contributed by atoms with E-state index in [-0.39, 0.29) is 11.5 Å². The zero-order chi connectivity index (χ0) is 23.1. The lowest BCUT2D eigenvalue weighted by Crippen LogP contribution is -2.35. The Morgan fingerprint density at radius 3 is 2.69 bits per heavy atom. The standard InChI is InChI=1S/C24H27N3O4S/c1-4-18-13-20(9-8-16(18)2)25-21-14-22(28)27(24(30)26-21)10-11-32-15-17-6-5-7-19(12-17)23(29)31-3/h5-9,12-14,25H,4,10-11,15H2,1-3H3,(H,26,30). The fourth-order valence-electron chi connectivity index (χ4n) is 3.34. The van der Waals surface area contributed by atoms with Gasteiger partial charge in [-0.05, 0) is 54.3 Å². The highest BCUT2D eigenvalue weighted by Crippen LogP contribution is 2.18. The summed E-state index contributed by atoms with van der Waals surface area (Å²) in [5.41, 5.74) is 3.91. The van der Waals surface area contributed by atoms with E-state index in [4.69, 9.17) is 4.74 Å². The number of rotatable bonds is 9. The fourth-order valence-corrected chi connectivity index (χ4v) is 4.21. The summed E-state index contributed by atoms with van der Waals surface area (Å²) in [6.07, 6.45) is 0.907. The monoisotopic (exact) mass is 453 g/mol. The zero-order valence-electron chi connectivity index (χ0n) is 18.4. The lowest BCUT2D eigenvalue weighted by molar-refractivity contribution is 0.0600. The molecule has 0 saturated carbocycles. The maximum atomic E-state index is 12.5. The third-order valence-corrected chi connectivity index (χ3v) is 6.11. The van der Waals surface area contributed by atoms with Crippen LogP contribution in [0.5, 0.6) is 0 Å². The van der Waals surface area contributed by atoms with Crippen LogP contribution in [0.15, 0.2) is 58.1 Å². The van der Waals surface area contributed by atoms with Crippen molar-refractivity contribution in [1.29, 1.82) is 0 Å². The van der Waals surface area contributed by atoms with Crippen LogP contribution in [0, 0.1) is 6.92 Å². The number of aromatic nitrogens is 2. The largest absolute Gasteiger partial charge is 0.465 e. The van der Waals surface area contributed by atoms with Gasteiger partial charge in [-0.15, -0.1) is 0 Å². The average Bonchev–Trinajstić information content (AvgIpc) is 2.79. The predicted molar refractivity (Wildman–Crippen MR) is 129 cm³/mol. The van der Waals surface area contributed by atoms with Crippen LogP contribution in [-0.4, -0.2) is 28.4 Å². The van der Waals surface area contributed by atoms with Crippen LogP contribution >= 0.6 is 11.8 Å². The molecule has 168 valence electrons. The normalized spacial score (nSPS) is 10.7. The van der Waals surface area contributed by atoms with Gasteiger partial charge in [0.15, 0.2) is 0 Å². The van der Waals surface area contributed by atoms with Crippen molar-refractivity contribution in [2.45, 2.75) is 32.6 Å². The van der Waals surface area contributed by atoms with Crippen molar-refractivity contribution < 1.29 is 9.53 Å². The van der Waals surface area contributed by atoms with Crippen molar-refractivity contribution in [3.63, 3.8) is 0 Å². The van der Waals surface area contributed by atoms with Crippen molar-refractivity contribution in [1.82, 2.24) is 9.55 Å². The van der Waals surface area contributed by atoms with E-state index in [1.165, 1.54) is 28.9 Å². The van der Waals surface area contributed by atoms with Gasteiger partial charge in [0, 0.05) is 29.8 Å². The van der Waals surface area contributed by atoms with Crippen molar-refractivity contribution in [2.24, 2.45) is 0 Å². The van der Waals surface area contributed by atoms with E-state index in [1.807, 2.05) is 24.3 Å². The van der Waals surface area contributed by atoms with E-state index >= 15 is 0 Å². The van der Waals surface area contributed by atoms with Gasteiger partial charge in [-0.3, -0.25) is 14.3 Å². The molecule has 32 heavy (non-hydrogen) atoms. The number of hydrogen-bond acceptors (Lipinski definition) is 6. The molecule has 3 rings (SSSR count). The molecule has 3 aromatic rings. The molecule has 0 radical (unpaired) electrons. The topological polar surface area (TPSA) is 93.2 Å². The van der Waals surface area contributed by atoms with E-state index in [2.05, 4.69) is 24.1 Å². The van der Waals surface area contributed by atoms with Crippen LogP contribution in [-0.2, 0) is 23.5 Å². The highest BCUT2D eigenvalue weighted by Gasteiger charge is 2.08. The smallest absolute Gasteiger partial charge is 0.337 e. The Hall–Kier alpha value is -3.26. The summed E-state index contributed by atoms with van der Waals surface area (Å²) in [6, 6.07) is 14.6. The molecular formula is C24H27N3O4S. The first-order valence-corrected chi connectivity index (χ1v) is 11.5. The minimum absolute atomic E-state index is 0.292. The predicted octanol–water partition coefficient (Wildman–Crippen LogP) is 3.87. The van der Waals surface area contributed by atoms with Gasteiger partial charge < -0.3 is 10.1 Å². The third-order valence-electron chi connectivity index (χ3n) is 5.11. The number of nitrogens with one attached hydrogen (secondary N) is 2. The van der Waals surface area contributed by atoms with Crippen LogP contribution in [0.3, 0.4) is 0 Å². The maximum Gasteiger partial charge on any atom is 0.337 e. The lowest BCUT2D eigenvalue weighted by Gasteiger charge is -2.11. The van der Waals surface area contributed by atoms with Gasteiger partial charge in [0.1, 0.15) is 5.82 Å². The summed E-state index contributed by atoms with van der Waals surface area (Å²) in [5, 5.41) is 3.11. The Kier molecular flexibility index (Phi) is 7.94. The first-order chi connectivity index (χ1) is 15.4. The number of hydrogen-bond donors (Lipinski definition) is 2. The van der Waals surface area contributed by atoms with Crippen molar-refractivity contribution >= 4 is 29.2 Å². The number of ether oxygens (including phenoxy) is 1. The molecule has 1 heterocycles. The number of carbonyl (C=O) groups is 1. The molecule has 0 unspecified atom stereocenters. The number of esters is 1. The number of aryl methyl sites for hydroxylation is 2. The number of benzene rings is 2. The average molecular weight is 454 g/mol. The van der Waals surface area contributed by atoms with Crippen molar-refractivity contribution in [2.75, 3.05) is 18.2 Å². The number of H-pyrrole nitrogens is 1. The molecule has 0 saturated heterocycles. The maximum absolute atomic E-state index is 12.5. The number of thioether (sulfide) groups is 1. The van der Waals surface area contributed by atoms with Gasteiger partial charge in [0.2, 0.25) is 0 Å². The minimum atomic E-state index is -0.448. The Bertz CT molecular complexity index is 1190. The second-order valence-corrected chi connectivity index (χ2v) is 8.45. The van der Waals surface area contributed by atoms with E-state index < -0.39 is 5.69 Å². The number of carbonyl (C=O) groups excluding carboxylic acids is 1. The molecule has 8 heteroatoms. The summed E-state index contributed by atoms with van der Waals surface area (Å²) in [7, 11) is 1.35. The highest BCUT2D eigenvalue weighted by molar-refractivity contribution is 7.98. The number of anilines is 2. The van der Waals surface area contributed by atoms with Crippen LogP contribution < -0.4 is 16.6 Å². The zero-order valence-corrected chi connectivity index (χ0v) is 19.3. The molecule has 0 atom stereocenters. The van der Waals surface area contributed by atoms with E-state index in [9.17, 15) is 14.4 Å². The third kappa shape index (κ3) is 5.91. The summed E-state index contributed by atoms with van der Waals surface area (Å²) in [6.45, 7) is 4.43. The van der Waals surface area contributed by atoms with Gasteiger partial charge in [0.25, 0.3) is 5.56 Å². The van der Waals surface area contributed by atoms with E-state index in [0.717, 1.165) is 17.7 Å². The summed E-state index contributed by atoms with van der Waals surface area (Å²) < 4.78 is 5.93. The Morgan fingerprint density at radius 1 is 1.16 bits per heavy atom. The molecule has 0 fully saturated rings. The number of methoxy groups -OCH3 is 1. The number of aromatic amines is 1. The van der Waals surface area contributed by atoms with Crippen LogP contribution in [0.1, 0.15) is 34.0 Å². The molecule has 0 amide bonds. The molecule has 0 bridgehead atoms. The molecular weight excluding hydrogens is 426 g/mol. The molecule has 0 aliphatic rings. The molecule has 2 aromatic carbocycles. The van der Waals surface area contributed by atoms with Crippen LogP contribution in [0.25, 0.3) is 0 Å². The molecule has 7 nitrogen and oxygen atoms in total. The quantitative estimate of drug-likeness (QED) is 0.377. The molecule has 1 aromatic heterocycles. The highest BCUT2D eigenvalue weighted by atomic mass is 32.2. The van der Waals surface area contributed by atoms with Gasteiger partial charge in [-0.1, -0.05) is 25.1 Å². The molecule has 0 aliphatic heterocycles. The van der Waals surface area contributed by atoms with Crippen LogP contribution in [0.4, 0.5) is 11.5 Å². The Morgan fingerprint density at radius 2 is 1.97 bits per heavy atom. The molecule has 0 aliphatic carbocycles. The van der Waals surface area contributed by atoms with E-state index in [0.29, 0.717) is 29.4 Å². The second kappa shape index (κ2) is 10.9. The minimum Gasteiger partial charge on any atom is -0.465 e. The summed E-state index contributed by atoms with van der Waals surface area (Å²) in [4.78, 5) is 39.3. The van der Waals surface area contributed by atoms with Gasteiger partial charge in [0.05, 0.1) is 12.7 Å². The number of nitrogens with zero attached hydrogens (tertiary/aromatic N) is 1. The van der Waals surface area contributed by atoms with Crippen LogP contribution in [0.2, 0.25) is 0 Å². The van der Waals surface area contributed by atoms with Crippen molar-refractivity contribution in [3.05, 3.63) is 91.6 Å². The first-order valence-electron chi connectivity index (χ1n) is 10.4. The lowest BCUT2D eigenvalue weighted by atomic mass is 10.1. The second-order valence-electron chi connectivity index (χ2n) is 7.34. The van der Waals surface area contributed by atoms with Gasteiger partial charge >= 0.3 is 11.7 Å². The van der Waals surface area contributed by atoms with Gasteiger partial charge in [-0.25, -0.2) is 9.59 Å².